The van der Waals surface area contributed by atoms with Crippen molar-refractivity contribution in [3.05, 3.63) is 54.5 Å². The number of aliphatic imine (C=N–C) groups is 1. The van der Waals surface area contributed by atoms with Crippen molar-refractivity contribution in [3.63, 3.8) is 0 Å². The van der Waals surface area contributed by atoms with E-state index in [0.29, 0.717) is 11.2 Å². The number of nitrogens with two attached hydrogens (primary N) is 1. The van der Waals surface area contributed by atoms with Crippen LogP contribution in [0.4, 0.5) is 5.82 Å². The molecule has 14 nitrogen and oxygen atoms in total. The Kier molecular flexibility index (Phi) is 9.42. The Hall–Kier alpha value is -3.39. The molecule has 0 radical (unpaired) electrons. The molecular formula is C26H35N6O8P. The number of aliphatic hydroxyl groups excluding tert-OH is 2. The second-order valence-corrected chi connectivity index (χ2v) is 11.4. The first kappa shape index (κ1) is 30.6. The van der Waals surface area contributed by atoms with Gasteiger partial charge in [0.25, 0.3) is 0 Å². The van der Waals surface area contributed by atoms with Crippen LogP contribution in [-0.2, 0) is 29.0 Å². The Morgan fingerprint density at radius 2 is 2.02 bits per heavy atom. The van der Waals surface area contributed by atoms with Crippen LogP contribution in [0.15, 0.2) is 53.8 Å². The molecular weight excluding hydrogens is 555 g/mol. The van der Waals surface area contributed by atoms with E-state index < -0.39 is 50.3 Å². The normalized spacial score (nSPS) is 25.0. The second kappa shape index (κ2) is 12.6. The van der Waals surface area contributed by atoms with E-state index in [4.69, 9.17) is 24.3 Å². The zero-order valence-electron chi connectivity index (χ0n) is 23.2. The van der Waals surface area contributed by atoms with Crippen LogP contribution in [0.2, 0.25) is 0 Å². The molecule has 1 aliphatic heterocycles. The summed E-state index contributed by atoms with van der Waals surface area (Å²) in [6.45, 7) is 4.79. The number of aliphatic hydroxyl groups is 2. The number of carbonyl (C=O) groups is 1. The summed E-state index contributed by atoms with van der Waals surface area (Å²) in [5.74, 6) is -0.553. The SMILES string of the molecule is CCOC(=O)[C@@H](NP(=O)(OC[C@H]1O[C@@](/C=N/C)(c2ccc3c(N)ncnn23)[C@H](O)[C@@H]1O)Oc1ccccc1)C(C)C. The van der Waals surface area contributed by atoms with Crippen LogP contribution in [0.1, 0.15) is 26.5 Å². The molecule has 5 N–H and O–H groups in total. The van der Waals surface area contributed by atoms with Crippen molar-refractivity contribution in [1.82, 2.24) is 19.7 Å². The van der Waals surface area contributed by atoms with Gasteiger partial charge in [-0.3, -0.25) is 14.3 Å². The van der Waals surface area contributed by atoms with Gasteiger partial charge in [-0.25, -0.2) is 14.1 Å². The maximum atomic E-state index is 14.1. The fraction of sp³-hybridized carbons (Fsp3) is 0.462. The molecule has 0 saturated carbocycles. The highest BCUT2D eigenvalue weighted by atomic mass is 31.2. The minimum Gasteiger partial charge on any atom is -0.465 e. The molecule has 15 heteroatoms. The lowest BCUT2D eigenvalue weighted by atomic mass is 9.92. The Morgan fingerprint density at radius 1 is 1.29 bits per heavy atom. The molecule has 2 aromatic heterocycles. The molecule has 3 aromatic rings. The molecule has 4 rings (SSSR count). The van der Waals surface area contributed by atoms with Crippen LogP contribution in [0.5, 0.6) is 5.75 Å². The first-order chi connectivity index (χ1) is 19.5. The number of ether oxygens (including phenoxy) is 2. The van der Waals surface area contributed by atoms with Gasteiger partial charge in [0.05, 0.1) is 18.9 Å². The number of hydrogen-bond acceptors (Lipinski definition) is 12. The van der Waals surface area contributed by atoms with Crippen LogP contribution >= 0.6 is 7.75 Å². The van der Waals surface area contributed by atoms with E-state index in [0.717, 1.165) is 0 Å². The van der Waals surface area contributed by atoms with Crippen LogP contribution in [0, 0.1) is 5.92 Å². The summed E-state index contributed by atoms with van der Waals surface area (Å²) in [5.41, 5.74) is 5.09. The highest BCUT2D eigenvalue weighted by Crippen LogP contribution is 2.47. The molecule has 1 unspecified atom stereocenters. The van der Waals surface area contributed by atoms with Gasteiger partial charge < -0.3 is 29.9 Å². The quantitative estimate of drug-likeness (QED) is 0.136. The van der Waals surface area contributed by atoms with Crippen molar-refractivity contribution in [1.29, 1.82) is 0 Å². The van der Waals surface area contributed by atoms with Crippen LogP contribution in [-0.4, -0.2) is 81.6 Å². The fourth-order valence-corrected chi connectivity index (χ4v) is 6.23. The maximum Gasteiger partial charge on any atom is 0.459 e. The first-order valence-electron chi connectivity index (χ1n) is 13.0. The topological polar surface area (TPSA) is 192 Å². The minimum atomic E-state index is -4.29. The number of fused-ring (bicyclic) bond motifs is 1. The Balaban J connectivity index is 1.63. The molecule has 0 spiro atoms. The van der Waals surface area contributed by atoms with E-state index in [-0.39, 0.29) is 24.1 Å². The number of anilines is 1. The summed E-state index contributed by atoms with van der Waals surface area (Å²) in [6.07, 6.45) is -1.65. The summed E-state index contributed by atoms with van der Waals surface area (Å²) < 4.78 is 38.3. The number of nitrogens with zero attached hydrogens (tertiary/aromatic N) is 4. The van der Waals surface area contributed by atoms with Crippen LogP contribution < -0.4 is 15.3 Å². The molecule has 0 aliphatic carbocycles. The largest absolute Gasteiger partial charge is 0.465 e. The molecule has 1 fully saturated rings. The number of para-hydroxylation sites is 1. The number of esters is 1. The van der Waals surface area contributed by atoms with E-state index in [2.05, 4.69) is 20.2 Å². The predicted molar refractivity (Wildman–Crippen MR) is 149 cm³/mol. The van der Waals surface area contributed by atoms with Gasteiger partial charge in [0.1, 0.15) is 41.9 Å². The molecule has 1 aliphatic rings. The van der Waals surface area contributed by atoms with E-state index >= 15 is 0 Å². The number of nitrogen functional groups attached to an aromatic ring is 1. The summed E-state index contributed by atoms with van der Waals surface area (Å²) in [7, 11) is -2.80. The molecule has 0 amide bonds. The fourth-order valence-electron chi connectivity index (χ4n) is 4.56. The Morgan fingerprint density at radius 3 is 2.68 bits per heavy atom. The molecule has 41 heavy (non-hydrogen) atoms. The maximum absolute atomic E-state index is 14.1. The van der Waals surface area contributed by atoms with E-state index in [9.17, 15) is 19.6 Å². The van der Waals surface area contributed by atoms with Crippen molar-refractivity contribution in [2.45, 2.75) is 50.7 Å². The van der Waals surface area contributed by atoms with Crippen molar-refractivity contribution in [3.8, 4) is 5.75 Å². The van der Waals surface area contributed by atoms with Gasteiger partial charge in [0.2, 0.25) is 0 Å². The van der Waals surface area contributed by atoms with E-state index in [1.807, 2.05) is 0 Å². The van der Waals surface area contributed by atoms with Gasteiger partial charge in [0.15, 0.2) is 11.4 Å². The summed E-state index contributed by atoms with van der Waals surface area (Å²) in [5, 5.41) is 29.2. The highest BCUT2D eigenvalue weighted by Gasteiger charge is 2.56. The van der Waals surface area contributed by atoms with Gasteiger partial charge in [-0.2, -0.15) is 10.2 Å². The third-order valence-electron chi connectivity index (χ3n) is 6.58. The highest BCUT2D eigenvalue weighted by molar-refractivity contribution is 7.52. The zero-order chi connectivity index (χ0) is 29.8. The average Bonchev–Trinajstić information content (AvgIpc) is 3.48. The monoisotopic (exact) mass is 590 g/mol. The Labute approximate surface area is 237 Å². The number of benzene rings is 1. The molecule has 222 valence electrons. The third-order valence-corrected chi connectivity index (χ3v) is 8.11. The van der Waals surface area contributed by atoms with Gasteiger partial charge >= 0.3 is 13.7 Å². The van der Waals surface area contributed by atoms with Crippen LogP contribution in [0.3, 0.4) is 0 Å². The average molecular weight is 591 g/mol. The number of rotatable bonds is 12. The standard InChI is InChI=1S/C26H35N6O8P/c1-5-37-25(35)21(16(2)3)31-41(36,40-17-9-7-6-8-10-17)38-13-19-22(33)23(34)26(39-19,14-28-4)20-12-11-18-24(27)29-15-30-32(18)20/h6-12,14-16,19,21-23,33-34H,5,13H2,1-4H3,(H,31,36)(H2,27,29,30)/b28-14+/t19-,21+,22-,23-,26+,41?/m1/s1. The molecule has 6 atom stereocenters. The van der Waals surface area contributed by atoms with Gasteiger partial charge in [-0.1, -0.05) is 32.0 Å². The van der Waals surface area contributed by atoms with E-state index in [1.165, 1.54) is 24.1 Å². The lowest BCUT2D eigenvalue weighted by molar-refractivity contribution is -0.146. The van der Waals surface area contributed by atoms with Crippen molar-refractivity contribution in [2.75, 3.05) is 26.0 Å². The number of aromatic nitrogens is 3. The van der Waals surface area contributed by atoms with Gasteiger partial charge in [-0.05, 0) is 37.1 Å². The smallest absolute Gasteiger partial charge is 0.459 e. The number of carbonyl (C=O) groups excluding carboxylic acids is 1. The van der Waals surface area contributed by atoms with Crippen molar-refractivity contribution >= 4 is 31.3 Å². The summed E-state index contributed by atoms with van der Waals surface area (Å²) >= 11 is 0. The van der Waals surface area contributed by atoms with Gasteiger partial charge in [-0.15, -0.1) is 0 Å². The third kappa shape index (κ3) is 6.27. The molecule has 3 heterocycles. The molecule has 0 bridgehead atoms. The number of nitrogens with one attached hydrogen (secondary N) is 1. The van der Waals surface area contributed by atoms with Gasteiger partial charge in [0, 0.05) is 13.3 Å². The predicted octanol–water partition coefficient (Wildman–Crippen LogP) is 1.71. The lowest BCUT2D eigenvalue weighted by Gasteiger charge is -2.28. The summed E-state index contributed by atoms with van der Waals surface area (Å²) in [4.78, 5) is 20.7. The number of hydrogen-bond donors (Lipinski definition) is 4. The lowest BCUT2D eigenvalue weighted by Crippen LogP contribution is -2.43. The first-order valence-corrected chi connectivity index (χ1v) is 14.6. The molecule has 1 aromatic carbocycles. The zero-order valence-corrected chi connectivity index (χ0v) is 24.0. The second-order valence-electron chi connectivity index (χ2n) is 9.73. The summed E-state index contributed by atoms with van der Waals surface area (Å²) in [6, 6.07) is 10.5. The van der Waals surface area contributed by atoms with Crippen LogP contribution in [0.25, 0.3) is 5.52 Å². The van der Waals surface area contributed by atoms with Crippen molar-refractivity contribution in [2.24, 2.45) is 10.9 Å². The molecule has 1 saturated heterocycles. The Bertz CT molecular complexity index is 1420. The van der Waals surface area contributed by atoms with Crippen molar-refractivity contribution < 1.29 is 38.1 Å². The van der Waals surface area contributed by atoms with E-state index in [1.54, 1.807) is 63.2 Å². The minimum absolute atomic E-state index is 0.125.